The fraction of sp³-hybridized carbons (Fsp3) is 0.452. The van der Waals surface area contributed by atoms with E-state index in [1.54, 1.807) is 0 Å². The first kappa shape index (κ1) is 42.9. The van der Waals surface area contributed by atoms with Gasteiger partial charge in [-0.1, -0.05) is 23.9 Å². The van der Waals surface area contributed by atoms with Crippen molar-refractivity contribution in [2.24, 2.45) is 0 Å². The van der Waals surface area contributed by atoms with Crippen LogP contribution in [0.25, 0.3) is 0 Å². The Bertz CT molecular complexity index is 2100. The number of nitrogens with zero attached hydrogens (tertiary/aromatic N) is 7. The van der Waals surface area contributed by atoms with Crippen molar-refractivity contribution in [3.05, 3.63) is 47.3 Å². The third kappa shape index (κ3) is 10.4. The Morgan fingerprint density at radius 1 is 1.12 bits per heavy atom. The summed E-state index contributed by atoms with van der Waals surface area (Å²) in [6.45, 7) is -0.0133. The topological polar surface area (TPSA) is 307 Å². The molecule has 294 valence electrons. The number of aromatic nitrogens is 6. The summed E-state index contributed by atoms with van der Waals surface area (Å²) < 4.78 is 24.4. The minimum absolute atomic E-state index is 0. The Hall–Kier alpha value is -4.20. The molecule has 1 aromatic carbocycles. The number of carboxylic acid groups (broad SMARTS) is 1. The maximum atomic E-state index is 13.7. The van der Waals surface area contributed by atoms with Crippen LogP contribution < -0.4 is 55.9 Å². The molecule has 2 fully saturated rings. The summed E-state index contributed by atoms with van der Waals surface area (Å²) in [5.41, 5.74) is 0.00960. The van der Waals surface area contributed by atoms with E-state index in [-0.39, 0.29) is 99.3 Å². The number of sulfone groups is 1. The van der Waals surface area contributed by atoms with Crippen LogP contribution in [0.2, 0.25) is 0 Å². The number of carbonyl (C=O) groups is 4. The average Bonchev–Trinajstić information content (AvgIpc) is 3.60. The number of thioether (sulfide) groups is 2. The molecule has 0 spiro atoms. The standard InChI is InChI=1S/C31H37N11O10S3.Na/c1-55(51,52)11-10-41-31(38-39-40-41)54-14-16-13-53-27-22(26(47)42(27)23(16)28(48)49)35-25(46)21(15-2-6-18(43)7-3-15)36-30(50)34-20-12-32-29(37-24(20)45)33-17-4-8-19(44)9-5-17;/h2-3,6-7,12,17,19,21-22,27,43-44H,4-5,8-11,13-14H2,1H3,(H,35,46)(H,48,49)(H2,34,36,50)(H2,32,33,37,45);/q;+1/p-1/t17?,19?,21?,22?,27-;/m0./s1. The molecule has 6 rings (SSSR count). The van der Waals surface area contributed by atoms with E-state index in [4.69, 9.17) is 0 Å². The van der Waals surface area contributed by atoms with Gasteiger partial charge >= 0.3 is 35.6 Å². The Labute approximate surface area is 350 Å². The first-order valence-corrected chi connectivity index (χ1v) is 20.9. The number of phenols is 1. The van der Waals surface area contributed by atoms with E-state index in [1.807, 2.05) is 0 Å². The number of hydrogen-bond acceptors (Lipinski definition) is 18. The van der Waals surface area contributed by atoms with Crippen LogP contribution in [0, 0.1) is 0 Å². The predicted molar refractivity (Wildman–Crippen MR) is 194 cm³/mol. The summed E-state index contributed by atoms with van der Waals surface area (Å²) in [5, 5.41) is 63.6. The number of tetrazole rings is 1. The molecule has 7 N–H and O–H groups in total. The molecule has 1 saturated heterocycles. The quantitative estimate of drug-likeness (QED) is 0.0459. The van der Waals surface area contributed by atoms with Crippen LogP contribution in [-0.2, 0) is 30.8 Å². The number of carbonyl (C=O) groups excluding carboxylic acids is 4. The van der Waals surface area contributed by atoms with Crippen molar-refractivity contribution in [3.63, 3.8) is 0 Å². The Kier molecular flexibility index (Phi) is 14.1. The molecule has 56 heavy (non-hydrogen) atoms. The van der Waals surface area contributed by atoms with Gasteiger partial charge in [-0.15, -0.1) is 16.9 Å². The molecule has 21 nitrogen and oxygen atoms in total. The Balaban J connectivity index is 0.00000600. The number of benzene rings is 1. The summed E-state index contributed by atoms with van der Waals surface area (Å²) in [6.07, 6.45) is 4.51. The summed E-state index contributed by atoms with van der Waals surface area (Å²) in [6, 6.07) is 1.79. The first-order valence-electron chi connectivity index (χ1n) is 16.8. The van der Waals surface area contributed by atoms with E-state index in [0.29, 0.717) is 31.3 Å². The van der Waals surface area contributed by atoms with E-state index in [9.17, 15) is 48.0 Å². The number of aliphatic hydroxyl groups excluding tert-OH is 1. The van der Waals surface area contributed by atoms with Crippen molar-refractivity contribution in [1.82, 2.24) is 45.7 Å². The molecule has 4 amide bonds. The number of β-lactam (4-membered cyclic amide) rings is 1. The number of carboxylic acids is 1. The van der Waals surface area contributed by atoms with Crippen molar-refractivity contribution in [2.45, 2.75) is 67.0 Å². The zero-order valence-corrected chi connectivity index (χ0v) is 34.4. The third-order valence-electron chi connectivity index (χ3n) is 8.90. The van der Waals surface area contributed by atoms with E-state index >= 15 is 0 Å². The molecule has 4 heterocycles. The zero-order valence-electron chi connectivity index (χ0n) is 30.0. The van der Waals surface area contributed by atoms with Crippen molar-refractivity contribution in [1.29, 1.82) is 0 Å². The number of aliphatic hydroxyl groups is 1. The molecule has 3 aromatic rings. The van der Waals surface area contributed by atoms with E-state index in [2.05, 4.69) is 46.8 Å². The number of phenolic OH excluding ortho intramolecular Hbond substituents is 1. The molecule has 2 unspecified atom stereocenters. The maximum Gasteiger partial charge on any atom is 1.00 e. The summed E-state index contributed by atoms with van der Waals surface area (Å²) in [5.74, 6) is -3.77. The predicted octanol–water partition coefficient (Wildman–Crippen LogP) is -4.30. The number of hydrogen-bond donors (Lipinski definition) is 7. The van der Waals surface area contributed by atoms with Gasteiger partial charge in [-0.2, -0.15) is 4.98 Å². The Morgan fingerprint density at radius 3 is 2.50 bits per heavy atom. The smallest absolute Gasteiger partial charge is 0.543 e. The SMILES string of the molecule is CS(=O)(=O)CCn1nnnc1SCC1=C(C(=O)[O-])N2C(=O)C(NC(=O)C(NC(=O)Nc3cnc(NC4CCC(O)CC4)nc3O)c3ccc(O)cc3)[C@@H]2SC1.[Na+]. The van der Waals surface area contributed by atoms with Crippen LogP contribution in [0.3, 0.4) is 0 Å². The van der Waals surface area contributed by atoms with Gasteiger partial charge < -0.3 is 46.5 Å². The van der Waals surface area contributed by atoms with Crippen LogP contribution in [0.4, 0.5) is 16.4 Å². The van der Waals surface area contributed by atoms with Crippen molar-refractivity contribution in [2.75, 3.05) is 34.1 Å². The zero-order chi connectivity index (χ0) is 39.4. The molecular formula is C31H36N11NaO10S3. The number of amides is 4. The van der Waals surface area contributed by atoms with Crippen LogP contribution >= 0.6 is 23.5 Å². The maximum absolute atomic E-state index is 13.7. The van der Waals surface area contributed by atoms with Crippen LogP contribution in [0.15, 0.2) is 46.9 Å². The molecule has 0 bridgehead atoms. The fourth-order valence-electron chi connectivity index (χ4n) is 6.05. The molecule has 3 atom stereocenters. The molecule has 25 heteroatoms. The molecule has 2 aromatic heterocycles. The summed E-state index contributed by atoms with van der Waals surface area (Å²) in [4.78, 5) is 61.8. The van der Waals surface area contributed by atoms with Crippen molar-refractivity contribution < 1.29 is 77.6 Å². The molecule has 0 radical (unpaired) electrons. The van der Waals surface area contributed by atoms with Crippen molar-refractivity contribution >= 4 is 68.8 Å². The van der Waals surface area contributed by atoms with Gasteiger partial charge in [0.2, 0.25) is 22.9 Å². The number of aliphatic carboxylic acids is 1. The largest absolute Gasteiger partial charge is 1.00 e. The third-order valence-corrected chi connectivity index (χ3v) is 12.2. The minimum atomic E-state index is -3.30. The number of rotatable bonds is 14. The van der Waals surface area contributed by atoms with Crippen LogP contribution in [0.5, 0.6) is 11.6 Å². The Morgan fingerprint density at radius 2 is 1.84 bits per heavy atom. The van der Waals surface area contributed by atoms with Crippen LogP contribution in [-0.4, -0.2) is 130 Å². The number of anilines is 2. The van der Waals surface area contributed by atoms with Crippen molar-refractivity contribution in [3.8, 4) is 11.6 Å². The molecule has 3 aliphatic rings. The van der Waals surface area contributed by atoms with E-state index in [1.165, 1.54) is 46.9 Å². The van der Waals surface area contributed by atoms with Gasteiger partial charge in [0.25, 0.3) is 5.91 Å². The minimum Gasteiger partial charge on any atom is -0.543 e. The van der Waals surface area contributed by atoms with E-state index < -0.39 is 57.0 Å². The van der Waals surface area contributed by atoms with Gasteiger partial charge in [-0.3, -0.25) is 14.5 Å². The molecule has 1 aliphatic carbocycles. The number of fused-ring (bicyclic) bond motifs is 1. The van der Waals surface area contributed by atoms with Crippen LogP contribution in [0.1, 0.15) is 37.3 Å². The number of urea groups is 1. The fourth-order valence-corrected chi connectivity index (χ4v) is 8.95. The molecule has 2 aliphatic heterocycles. The van der Waals surface area contributed by atoms with Gasteiger partial charge in [-0.25, -0.2) is 22.9 Å². The summed E-state index contributed by atoms with van der Waals surface area (Å²) >= 11 is 2.24. The average molecular weight is 842 g/mol. The van der Waals surface area contributed by atoms with Gasteiger partial charge in [0, 0.05) is 23.8 Å². The van der Waals surface area contributed by atoms with Gasteiger partial charge in [0.15, 0.2) is 0 Å². The number of nitrogens with one attached hydrogen (secondary N) is 4. The second-order valence-corrected chi connectivity index (χ2v) is 17.2. The monoisotopic (exact) mass is 841 g/mol. The molecular weight excluding hydrogens is 806 g/mol. The van der Waals surface area contributed by atoms with Gasteiger partial charge in [0.05, 0.1) is 36.3 Å². The second-order valence-electron chi connectivity index (χ2n) is 12.9. The normalized spacial score (nSPS) is 21.2. The number of aromatic hydroxyl groups is 2. The van der Waals surface area contributed by atoms with Gasteiger partial charge in [-0.05, 0) is 59.4 Å². The van der Waals surface area contributed by atoms with E-state index in [0.717, 1.165) is 22.9 Å². The number of aryl methyl sites for hydroxylation is 1. The molecule has 1 saturated carbocycles. The second kappa shape index (κ2) is 18.4. The summed E-state index contributed by atoms with van der Waals surface area (Å²) in [7, 11) is -3.30. The van der Waals surface area contributed by atoms with Gasteiger partial charge in [0.1, 0.15) is 38.7 Å². The first-order chi connectivity index (χ1) is 26.2.